The molecule has 12 heavy (non-hydrogen) atoms. The Kier molecular flexibility index (Phi) is 7.29. The summed E-state index contributed by atoms with van der Waals surface area (Å²) in [7, 11) is 0. The molecule has 0 aromatic heterocycles. The van der Waals surface area contributed by atoms with Gasteiger partial charge in [0, 0.05) is 12.6 Å². The van der Waals surface area contributed by atoms with Crippen LogP contribution in [0.25, 0.3) is 0 Å². The molecule has 0 fully saturated rings. The Labute approximate surface area is 72.1 Å². The van der Waals surface area contributed by atoms with Gasteiger partial charge < -0.3 is 10.5 Å². The second-order valence-corrected chi connectivity index (χ2v) is 2.80. The van der Waals surface area contributed by atoms with Crippen LogP contribution in [0.5, 0.6) is 0 Å². The van der Waals surface area contributed by atoms with E-state index in [1.807, 2.05) is 6.92 Å². The molecule has 4 heteroatoms. The van der Waals surface area contributed by atoms with Gasteiger partial charge in [0.2, 0.25) is 0 Å². The van der Waals surface area contributed by atoms with Gasteiger partial charge in [-0.25, -0.2) is 8.78 Å². The van der Waals surface area contributed by atoms with E-state index >= 15 is 0 Å². The normalized spacial score (nSPS) is 13.8. The summed E-state index contributed by atoms with van der Waals surface area (Å²) in [6, 6.07) is 0.0904. The predicted molar refractivity (Wildman–Crippen MR) is 44.3 cm³/mol. The van der Waals surface area contributed by atoms with Crippen molar-refractivity contribution < 1.29 is 13.5 Å². The number of rotatable bonds is 7. The van der Waals surface area contributed by atoms with Crippen LogP contribution >= 0.6 is 0 Å². The van der Waals surface area contributed by atoms with Gasteiger partial charge in [0.25, 0.3) is 6.43 Å². The number of hydrogen-bond acceptors (Lipinski definition) is 2. The third-order valence-electron chi connectivity index (χ3n) is 1.54. The van der Waals surface area contributed by atoms with Crippen LogP contribution in [-0.4, -0.2) is 25.7 Å². The zero-order valence-corrected chi connectivity index (χ0v) is 7.43. The van der Waals surface area contributed by atoms with Gasteiger partial charge in [-0.3, -0.25) is 0 Å². The van der Waals surface area contributed by atoms with E-state index in [0.717, 1.165) is 12.8 Å². The van der Waals surface area contributed by atoms with Gasteiger partial charge in [-0.2, -0.15) is 0 Å². The van der Waals surface area contributed by atoms with Crippen molar-refractivity contribution in [3.05, 3.63) is 0 Å². The number of nitrogens with two attached hydrogens (primary N) is 1. The SMILES string of the molecule is CCC[C@@H](N)CCOCC(F)F. The maximum Gasteiger partial charge on any atom is 0.261 e. The number of hydrogen-bond donors (Lipinski definition) is 1. The molecule has 74 valence electrons. The first-order valence-corrected chi connectivity index (χ1v) is 4.28. The average molecular weight is 181 g/mol. The molecule has 0 unspecified atom stereocenters. The lowest BCUT2D eigenvalue weighted by atomic mass is 10.1. The molecule has 2 nitrogen and oxygen atoms in total. The van der Waals surface area contributed by atoms with Crippen molar-refractivity contribution in [2.75, 3.05) is 13.2 Å². The highest BCUT2D eigenvalue weighted by atomic mass is 19.3. The van der Waals surface area contributed by atoms with E-state index in [1.54, 1.807) is 0 Å². The van der Waals surface area contributed by atoms with Crippen molar-refractivity contribution in [1.29, 1.82) is 0 Å². The van der Waals surface area contributed by atoms with Crippen LogP contribution < -0.4 is 5.73 Å². The fourth-order valence-electron chi connectivity index (χ4n) is 0.922. The van der Waals surface area contributed by atoms with Crippen molar-refractivity contribution in [2.24, 2.45) is 5.73 Å². The molecule has 0 amide bonds. The first-order chi connectivity index (χ1) is 5.66. The Hall–Kier alpha value is -0.220. The number of halogens is 2. The average Bonchev–Trinajstić information content (AvgIpc) is 1.98. The topological polar surface area (TPSA) is 35.2 Å². The maximum atomic E-state index is 11.6. The van der Waals surface area contributed by atoms with E-state index < -0.39 is 13.0 Å². The summed E-state index contributed by atoms with van der Waals surface area (Å²) in [5.41, 5.74) is 5.63. The lowest BCUT2D eigenvalue weighted by molar-refractivity contribution is 0.0151. The zero-order chi connectivity index (χ0) is 9.40. The molecule has 0 radical (unpaired) electrons. The minimum Gasteiger partial charge on any atom is -0.375 e. The van der Waals surface area contributed by atoms with Gasteiger partial charge in [0.1, 0.15) is 6.61 Å². The second kappa shape index (κ2) is 7.43. The molecule has 0 heterocycles. The molecule has 0 aliphatic carbocycles. The van der Waals surface area contributed by atoms with Gasteiger partial charge in [-0.05, 0) is 12.8 Å². The van der Waals surface area contributed by atoms with E-state index in [9.17, 15) is 8.78 Å². The summed E-state index contributed by atoms with van der Waals surface area (Å²) in [5, 5.41) is 0. The van der Waals surface area contributed by atoms with Crippen molar-refractivity contribution in [3.8, 4) is 0 Å². The van der Waals surface area contributed by atoms with Crippen LogP contribution in [0.3, 0.4) is 0 Å². The maximum absolute atomic E-state index is 11.6. The second-order valence-electron chi connectivity index (χ2n) is 2.80. The molecule has 2 N–H and O–H groups in total. The highest BCUT2D eigenvalue weighted by Gasteiger charge is 2.03. The minimum atomic E-state index is -2.37. The predicted octanol–water partition coefficient (Wildman–Crippen LogP) is 1.79. The number of alkyl halides is 2. The molecule has 0 saturated heterocycles. The first kappa shape index (κ1) is 11.8. The molecule has 0 saturated carbocycles. The van der Waals surface area contributed by atoms with Gasteiger partial charge in [-0.1, -0.05) is 13.3 Å². The van der Waals surface area contributed by atoms with Crippen LogP contribution in [0.2, 0.25) is 0 Å². The smallest absolute Gasteiger partial charge is 0.261 e. The first-order valence-electron chi connectivity index (χ1n) is 4.28. The van der Waals surface area contributed by atoms with Crippen LogP contribution in [0.15, 0.2) is 0 Å². The summed E-state index contributed by atoms with van der Waals surface area (Å²) < 4.78 is 27.8. The lowest BCUT2D eigenvalue weighted by Gasteiger charge is -2.09. The van der Waals surface area contributed by atoms with E-state index in [-0.39, 0.29) is 6.04 Å². The fraction of sp³-hybridized carbons (Fsp3) is 1.00. The van der Waals surface area contributed by atoms with Crippen molar-refractivity contribution in [1.82, 2.24) is 0 Å². The Morgan fingerprint density at radius 3 is 2.50 bits per heavy atom. The summed E-state index contributed by atoms with van der Waals surface area (Å²) in [4.78, 5) is 0. The molecule has 0 spiro atoms. The molecular weight excluding hydrogens is 164 g/mol. The van der Waals surface area contributed by atoms with E-state index in [0.29, 0.717) is 13.0 Å². The van der Waals surface area contributed by atoms with Crippen LogP contribution in [0.1, 0.15) is 26.2 Å². The van der Waals surface area contributed by atoms with E-state index in [1.165, 1.54) is 0 Å². The van der Waals surface area contributed by atoms with Crippen molar-refractivity contribution in [2.45, 2.75) is 38.7 Å². The fourth-order valence-corrected chi connectivity index (χ4v) is 0.922. The van der Waals surface area contributed by atoms with Gasteiger partial charge in [-0.15, -0.1) is 0 Å². The highest BCUT2D eigenvalue weighted by Crippen LogP contribution is 1.99. The monoisotopic (exact) mass is 181 g/mol. The molecule has 0 aliphatic rings. The summed E-state index contributed by atoms with van der Waals surface area (Å²) in [6.07, 6.45) is 0.252. The van der Waals surface area contributed by atoms with Crippen molar-refractivity contribution in [3.63, 3.8) is 0 Å². The van der Waals surface area contributed by atoms with Gasteiger partial charge in [0.05, 0.1) is 0 Å². The van der Waals surface area contributed by atoms with Gasteiger partial charge in [0.15, 0.2) is 0 Å². The van der Waals surface area contributed by atoms with E-state index in [4.69, 9.17) is 5.73 Å². The molecule has 0 aromatic rings. The van der Waals surface area contributed by atoms with Gasteiger partial charge >= 0.3 is 0 Å². The molecule has 0 rings (SSSR count). The molecule has 0 bridgehead atoms. The minimum absolute atomic E-state index is 0.0904. The molecule has 1 atom stereocenters. The third kappa shape index (κ3) is 7.88. The standard InChI is InChI=1S/C8H17F2NO/c1-2-3-7(11)4-5-12-6-8(9)10/h7-8H,2-6,11H2,1H3/t7-/m1/s1. The summed E-state index contributed by atoms with van der Waals surface area (Å²) >= 11 is 0. The highest BCUT2D eigenvalue weighted by molar-refractivity contribution is 4.58. The van der Waals surface area contributed by atoms with Crippen molar-refractivity contribution >= 4 is 0 Å². The molecular formula is C8H17F2NO. The zero-order valence-electron chi connectivity index (χ0n) is 7.43. The quantitative estimate of drug-likeness (QED) is 0.608. The summed E-state index contributed by atoms with van der Waals surface area (Å²) in [6.45, 7) is 1.91. The van der Waals surface area contributed by atoms with Crippen LogP contribution in [-0.2, 0) is 4.74 Å². The Morgan fingerprint density at radius 1 is 1.33 bits per heavy atom. The Balaban J connectivity index is 3.08. The lowest BCUT2D eigenvalue weighted by Crippen LogP contribution is -2.22. The molecule has 0 aliphatic heterocycles. The van der Waals surface area contributed by atoms with Crippen LogP contribution in [0.4, 0.5) is 8.78 Å². The third-order valence-corrected chi connectivity index (χ3v) is 1.54. The number of ether oxygens (including phenoxy) is 1. The Morgan fingerprint density at radius 2 is 2.00 bits per heavy atom. The largest absolute Gasteiger partial charge is 0.375 e. The van der Waals surface area contributed by atoms with Crippen LogP contribution in [0, 0.1) is 0 Å². The molecule has 0 aromatic carbocycles. The summed E-state index contributed by atoms with van der Waals surface area (Å²) in [5.74, 6) is 0. The van der Waals surface area contributed by atoms with E-state index in [2.05, 4.69) is 4.74 Å². The Bertz CT molecular complexity index is 101.